The molecule has 0 aliphatic carbocycles. The molecule has 2 saturated heterocycles. The van der Waals surface area contributed by atoms with Crippen LogP contribution in [0.2, 0.25) is 0 Å². The van der Waals surface area contributed by atoms with E-state index in [0.29, 0.717) is 6.04 Å². The summed E-state index contributed by atoms with van der Waals surface area (Å²) in [5.74, 6) is 0. The number of likely N-dealkylation sites (tertiary alicyclic amines) is 1. The van der Waals surface area contributed by atoms with Crippen LogP contribution >= 0.6 is 11.8 Å². The molecule has 2 aliphatic heterocycles. The maximum Gasteiger partial charge on any atom is 0.0471 e. The third-order valence-electron chi connectivity index (χ3n) is 4.56. The van der Waals surface area contributed by atoms with Crippen LogP contribution in [0.4, 0.5) is 0 Å². The largest absolute Gasteiger partial charge is 0.329 e. The maximum absolute atomic E-state index is 6.18. The van der Waals surface area contributed by atoms with Crippen LogP contribution in [0.5, 0.6) is 0 Å². The Balaban J connectivity index is 2.08. The first-order valence-corrected chi connectivity index (χ1v) is 8.26. The first-order valence-electron chi connectivity index (χ1n) is 7.31. The number of hydrogen-bond acceptors (Lipinski definition) is 4. The molecule has 0 aromatic heterocycles. The van der Waals surface area contributed by atoms with E-state index < -0.39 is 0 Å². The Labute approximate surface area is 116 Å². The molecule has 0 spiro atoms. The molecule has 0 amide bonds. The highest BCUT2D eigenvalue weighted by Crippen LogP contribution is 2.34. The summed E-state index contributed by atoms with van der Waals surface area (Å²) in [6.45, 7) is 14.9. The van der Waals surface area contributed by atoms with E-state index in [1.807, 2.05) is 0 Å². The van der Waals surface area contributed by atoms with Crippen LogP contribution < -0.4 is 5.73 Å². The second-order valence-electron chi connectivity index (χ2n) is 6.40. The fourth-order valence-corrected chi connectivity index (χ4v) is 4.77. The highest BCUT2D eigenvalue weighted by molar-refractivity contribution is 8.00. The molecule has 0 aromatic carbocycles. The van der Waals surface area contributed by atoms with Gasteiger partial charge in [-0.05, 0) is 20.3 Å². The number of nitrogens with zero attached hydrogens (tertiary/aromatic N) is 2. The molecule has 2 N–H and O–H groups in total. The molecule has 2 fully saturated rings. The Hall–Kier alpha value is 0.230. The van der Waals surface area contributed by atoms with Gasteiger partial charge in [0.25, 0.3) is 0 Å². The van der Waals surface area contributed by atoms with E-state index in [0.717, 1.165) is 23.6 Å². The van der Waals surface area contributed by atoms with Gasteiger partial charge in [0.2, 0.25) is 0 Å². The van der Waals surface area contributed by atoms with Gasteiger partial charge in [-0.15, -0.1) is 0 Å². The topological polar surface area (TPSA) is 32.5 Å². The van der Waals surface area contributed by atoms with Crippen molar-refractivity contribution >= 4 is 11.8 Å². The van der Waals surface area contributed by atoms with Gasteiger partial charge in [-0.3, -0.25) is 9.80 Å². The summed E-state index contributed by atoms with van der Waals surface area (Å²) >= 11 is 2.12. The number of rotatable bonds is 3. The molecule has 2 aliphatic rings. The first kappa shape index (κ1) is 14.6. The molecule has 0 saturated carbocycles. The van der Waals surface area contributed by atoms with Gasteiger partial charge in [0.15, 0.2) is 0 Å². The summed E-state index contributed by atoms with van der Waals surface area (Å²) < 4.78 is 0. The maximum atomic E-state index is 6.18. The highest BCUT2D eigenvalue weighted by atomic mass is 32.2. The standard InChI is InChI=1S/C14H29N3S/c1-11(2)16-6-5-14(9-15,10-16)17-7-12(3)18-13(4)8-17/h11-13H,5-10,15H2,1-4H3. The number of thioether (sulfide) groups is 1. The van der Waals surface area contributed by atoms with Crippen LogP contribution in [0.25, 0.3) is 0 Å². The highest BCUT2D eigenvalue weighted by Gasteiger charge is 2.44. The van der Waals surface area contributed by atoms with Crippen molar-refractivity contribution < 1.29 is 0 Å². The molecule has 0 bridgehead atoms. The normalized spacial score (nSPS) is 39.7. The summed E-state index contributed by atoms with van der Waals surface area (Å²) in [7, 11) is 0. The average molecular weight is 271 g/mol. The summed E-state index contributed by atoms with van der Waals surface area (Å²) in [5.41, 5.74) is 6.42. The molecule has 2 rings (SSSR count). The van der Waals surface area contributed by atoms with E-state index in [4.69, 9.17) is 5.73 Å². The van der Waals surface area contributed by atoms with Crippen LogP contribution in [0.3, 0.4) is 0 Å². The molecule has 3 atom stereocenters. The van der Waals surface area contributed by atoms with Crippen LogP contribution in [0, 0.1) is 0 Å². The minimum Gasteiger partial charge on any atom is -0.329 e. The van der Waals surface area contributed by atoms with Gasteiger partial charge in [-0.2, -0.15) is 11.8 Å². The molecule has 18 heavy (non-hydrogen) atoms. The second kappa shape index (κ2) is 5.70. The molecular weight excluding hydrogens is 242 g/mol. The van der Waals surface area contributed by atoms with E-state index in [1.165, 1.54) is 26.1 Å². The monoisotopic (exact) mass is 271 g/mol. The average Bonchev–Trinajstić information content (AvgIpc) is 2.73. The Morgan fingerprint density at radius 2 is 1.89 bits per heavy atom. The third kappa shape index (κ3) is 2.87. The lowest BCUT2D eigenvalue weighted by molar-refractivity contribution is 0.0922. The van der Waals surface area contributed by atoms with Crippen LogP contribution in [0.1, 0.15) is 34.1 Å². The van der Waals surface area contributed by atoms with Gasteiger partial charge in [0, 0.05) is 54.8 Å². The van der Waals surface area contributed by atoms with Gasteiger partial charge in [-0.25, -0.2) is 0 Å². The zero-order valence-corrected chi connectivity index (χ0v) is 13.2. The molecule has 0 radical (unpaired) electrons. The van der Waals surface area contributed by atoms with Gasteiger partial charge in [0.05, 0.1) is 0 Å². The predicted octanol–water partition coefficient (Wildman–Crippen LogP) is 1.62. The zero-order chi connectivity index (χ0) is 13.3. The lowest BCUT2D eigenvalue weighted by Crippen LogP contribution is -2.60. The van der Waals surface area contributed by atoms with Crippen molar-refractivity contribution in [1.82, 2.24) is 9.80 Å². The van der Waals surface area contributed by atoms with Gasteiger partial charge in [-0.1, -0.05) is 13.8 Å². The molecule has 3 unspecified atom stereocenters. The van der Waals surface area contributed by atoms with E-state index in [2.05, 4.69) is 49.3 Å². The summed E-state index contributed by atoms with van der Waals surface area (Å²) in [6, 6.07) is 0.646. The van der Waals surface area contributed by atoms with Crippen molar-refractivity contribution in [1.29, 1.82) is 0 Å². The Morgan fingerprint density at radius 1 is 1.28 bits per heavy atom. The van der Waals surface area contributed by atoms with Crippen molar-refractivity contribution in [2.24, 2.45) is 5.73 Å². The Bertz CT molecular complexity index is 274. The quantitative estimate of drug-likeness (QED) is 0.845. The van der Waals surface area contributed by atoms with Crippen molar-refractivity contribution in [2.45, 2.75) is 56.2 Å². The van der Waals surface area contributed by atoms with Gasteiger partial charge in [0.1, 0.15) is 0 Å². The van der Waals surface area contributed by atoms with Crippen molar-refractivity contribution in [3.05, 3.63) is 0 Å². The Kier molecular flexibility index (Phi) is 4.63. The molecule has 4 heteroatoms. The molecule has 0 aromatic rings. The van der Waals surface area contributed by atoms with Gasteiger partial charge >= 0.3 is 0 Å². The lowest BCUT2D eigenvalue weighted by Gasteiger charge is -2.46. The second-order valence-corrected chi connectivity index (χ2v) is 8.29. The van der Waals surface area contributed by atoms with E-state index in [9.17, 15) is 0 Å². The SMILES string of the molecule is CC1CN(C2(CN)CCN(C(C)C)C2)CC(C)S1. The predicted molar refractivity (Wildman–Crippen MR) is 81.2 cm³/mol. The zero-order valence-electron chi connectivity index (χ0n) is 12.4. The minimum atomic E-state index is 0.244. The van der Waals surface area contributed by atoms with E-state index in [-0.39, 0.29) is 5.54 Å². The Morgan fingerprint density at radius 3 is 2.33 bits per heavy atom. The van der Waals surface area contributed by atoms with Crippen LogP contribution in [-0.4, -0.2) is 64.6 Å². The number of nitrogens with two attached hydrogens (primary N) is 1. The molecule has 3 nitrogen and oxygen atoms in total. The smallest absolute Gasteiger partial charge is 0.0471 e. The van der Waals surface area contributed by atoms with Crippen molar-refractivity contribution in [3.63, 3.8) is 0 Å². The molecule has 2 heterocycles. The summed E-state index contributed by atoms with van der Waals surface area (Å²) in [4.78, 5) is 5.28. The summed E-state index contributed by atoms with van der Waals surface area (Å²) in [5, 5.41) is 1.48. The van der Waals surface area contributed by atoms with Crippen molar-refractivity contribution in [3.8, 4) is 0 Å². The van der Waals surface area contributed by atoms with Crippen molar-refractivity contribution in [2.75, 3.05) is 32.7 Å². The fraction of sp³-hybridized carbons (Fsp3) is 1.00. The van der Waals surface area contributed by atoms with Crippen LogP contribution in [0.15, 0.2) is 0 Å². The lowest BCUT2D eigenvalue weighted by atomic mass is 9.95. The third-order valence-corrected chi connectivity index (χ3v) is 5.79. The first-order chi connectivity index (χ1) is 8.47. The number of hydrogen-bond donors (Lipinski definition) is 1. The minimum absolute atomic E-state index is 0.244. The molecule has 106 valence electrons. The van der Waals surface area contributed by atoms with Crippen LogP contribution in [-0.2, 0) is 0 Å². The van der Waals surface area contributed by atoms with Gasteiger partial charge < -0.3 is 5.73 Å². The summed E-state index contributed by atoms with van der Waals surface area (Å²) in [6.07, 6.45) is 1.24. The van der Waals surface area contributed by atoms with E-state index in [1.54, 1.807) is 0 Å². The molecular formula is C14H29N3S. The van der Waals surface area contributed by atoms with E-state index >= 15 is 0 Å². The fourth-order valence-electron chi connectivity index (χ4n) is 3.45.